The van der Waals surface area contributed by atoms with Gasteiger partial charge in [-0.3, -0.25) is 24.8 Å². The van der Waals surface area contributed by atoms with Gasteiger partial charge in [0.05, 0.1) is 11.5 Å². The largest absolute Gasteiger partial charge is 0.291 e. The van der Waals surface area contributed by atoms with Crippen LogP contribution in [0.1, 0.15) is 15.9 Å². The summed E-state index contributed by atoms with van der Waals surface area (Å²) in [5, 5.41) is 13.1. The number of hydrogen-bond acceptors (Lipinski definition) is 4. The molecule has 0 fully saturated rings. The van der Waals surface area contributed by atoms with Gasteiger partial charge in [-0.15, -0.1) is 0 Å². The number of amidine groups is 1. The molecule has 1 aliphatic heterocycles. The van der Waals surface area contributed by atoms with Crippen LogP contribution < -0.4 is 0 Å². The second-order valence-electron chi connectivity index (χ2n) is 6.00. The second kappa shape index (κ2) is 6.40. The van der Waals surface area contributed by atoms with Gasteiger partial charge in [0.25, 0.3) is 11.6 Å². The molecule has 0 aliphatic carbocycles. The van der Waals surface area contributed by atoms with Crippen molar-refractivity contribution in [2.45, 2.75) is 0 Å². The van der Waals surface area contributed by atoms with Crippen molar-refractivity contribution in [1.82, 2.24) is 4.90 Å². The fraction of sp³-hybridized carbons (Fsp3) is 0.100. The molecule has 0 spiro atoms. The van der Waals surface area contributed by atoms with Gasteiger partial charge in [0.1, 0.15) is 5.84 Å². The Bertz CT molecular complexity index is 1050. The summed E-state index contributed by atoms with van der Waals surface area (Å²) in [6.07, 6.45) is 0. The quantitative estimate of drug-likeness (QED) is 0.537. The summed E-state index contributed by atoms with van der Waals surface area (Å²) in [4.78, 5) is 29.6. The van der Waals surface area contributed by atoms with E-state index in [0.717, 1.165) is 16.3 Å². The molecule has 0 saturated carbocycles. The van der Waals surface area contributed by atoms with E-state index in [-0.39, 0.29) is 17.2 Å². The molecule has 1 heterocycles. The van der Waals surface area contributed by atoms with E-state index in [4.69, 9.17) is 0 Å². The van der Waals surface area contributed by atoms with Gasteiger partial charge in [0, 0.05) is 29.8 Å². The summed E-state index contributed by atoms with van der Waals surface area (Å²) in [5.74, 6) is 0.330. The molecule has 128 valence electrons. The Hall–Kier alpha value is -3.54. The first-order chi connectivity index (χ1) is 12.6. The van der Waals surface area contributed by atoms with Crippen LogP contribution in [0.3, 0.4) is 0 Å². The number of nitro benzene ring substituents is 1. The number of non-ortho nitro benzene ring substituents is 1. The van der Waals surface area contributed by atoms with E-state index in [0.29, 0.717) is 18.9 Å². The highest BCUT2D eigenvalue weighted by molar-refractivity contribution is 6.18. The number of nitrogens with zero attached hydrogens (tertiary/aromatic N) is 3. The van der Waals surface area contributed by atoms with E-state index in [1.807, 2.05) is 42.5 Å². The number of carbonyl (C=O) groups excluding carboxylic acids is 1. The summed E-state index contributed by atoms with van der Waals surface area (Å²) in [7, 11) is 0. The summed E-state index contributed by atoms with van der Waals surface area (Å²) in [6, 6.07) is 19.6. The highest BCUT2D eigenvalue weighted by Gasteiger charge is 2.27. The first-order valence-corrected chi connectivity index (χ1v) is 8.24. The van der Waals surface area contributed by atoms with Crippen LogP contribution in [0.5, 0.6) is 0 Å². The van der Waals surface area contributed by atoms with Crippen LogP contribution in [0.2, 0.25) is 0 Å². The van der Waals surface area contributed by atoms with Crippen molar-refractivity contribution in [1.29, 1.82) is 0 Å². The van der Waals surface area contributed by atoms with Gasteiger partial charge in [-0.25, -0.2) is 0 Å². The lowest BCUT2D eigenvalue weighted by atomic mass is 10.0. The van der Waals surface area contributed by atoms with Crippen LogP contribution in [0, 0.1) is 10.1 Å². The zero-order chi connectivity index (χ0) is 18.1. The van der Waals surface area contributed by atoms with Crippen LogP contribution in [-0.4, -0.2) is 34.7 Å². The van der Waals surface area contributed by atoms with Crippen LogP contribution in [-0.2, 0) is 0 Å². The molecule has 0 radical (unpaired) electrons. The molecule has 0 unspecified atom stereocenters. The van der Waals surface area contributed by atoms with E-state index < -0.39 is 4.92 Å². The van der Waals surface area contributed by atoms with Gasteiger partial charge in [0.2, 0.25) is 0 Å². The van der Waals surface area contributed by atoms with Gasteiger partial charge in [0.15, 0.2) is 0 Å². The molecule has 26 heavy (non-hydrogen) atoms. The Labute approximate surface area is 149 Å². The summed E-state index contributed by atoms with van der Waals surface area (Å²) < 4.78 is 0. The molecule has 1 amide bonds. The van der Waals surface area contributed by atoms with Gasteiger partial charge in [-0.2, -0.15) is 0 Å². The van der Waals surface area contributed by atoms with Crippen molar-refractivity contribution in [3.8, 4) is 0 Å². The third-order valence-electron chi connectivity index (χ3n) is 4.42. The zero-order valence-corrected chi connectivity index (χ0v) is 13.8. The summed E-state index contributed by atoms with van der Waals surface area (Å²) >= 11 is 0. The summed E-state index contributed by atoms with van der Waals surface area (Å²) in [5.41, 5.74) is 1.08. The Morgan fingerprint density at radius 1 is 1.04 bits per heavy atom. The first kappa shape index (κ1) is 16.0. The fourth-order valence-electron chi connectivity index (χ4n) is 3.20. The maximum Gasteiger partial charge on any atom is 0.270 e. The number of amides is 1. The van der Waals surface area contributed by atoms with Crippen molar-refractivity contribution >= 4 is 28.2 Å². The number of aliphatic imine (C=N–C) groups is 1. The average Bonchev–Trinajstić information content (AvgIpc) is 3.16. The molecule has 0 atom stereocenters. The van der Waals surface area contributed by atoms with Crippen molar-refractivity contribution in [2.24, 2.45) is 4.99 Å². The molecule has 6 heteroatoms. The predicted molar refractivity (Wildman–Crippen MR) is 99.5 cm³/mol. The zero-order valence-electron chi connectivity index (χ0n) is 13.8. The molecule has 6 nitrogen and oxygen atoms in total. The average molecular weight is 345 g/mol. The van der Waals surface area contributed by atoms with Crippen molar-refractivity contribution < 1.29 is 9.72 Å². The van der Waals surface area contributed by atoms with Crippen molar-refractivity contribution in [2.75, 3.05) is 13.1 Å². The molecule has 1 aliphatic rings. The third-order valence-corrected chi connectivity index (χ3v) is 4.42. The van der Waals surface area contributed by atoms with Gasteiger partial charge >= 0.3 is 0 Å². The monoisotopic (exact) mass is 345 g/mol. The number of hydrogen-bond donors (Lipinski definition) is 0. The smallest absolute Gasteiger partial charge is 0.270 e. The summed E-state index contributed by atoms with van der Waals surface area (Å²) in [6.45, 7) is 0.972. The number of fused-ring (bicyclic) bond motifs is 1. The minimum Gasteiger partial charge on any atom is -0.291 e. The minimum absolute atomic E-state index is 0.0984. The Balaban J connectivity index is 1.74. The number of carbonyl (C=O) groups is 1. The Morgan fingerprint density at radius 2 is 1.81 bits per heavy atom. The van der Waals surface area contributed by atoms with E-state index in [2.05, 4.69) is 4.99 Å². The lowest BCUT2D eigenvalue weighted by Crippen LogP contribution is -2.35. The van der Waals surface area contributed by atoms with Gasteiger partial charge in [-0.1, -0.05) is 48.5 Å². The fourth-order valence-corrected chi connectivity index (χ4v) is 3.20. The maximum absolute atomic E-state index is 13.0. The second-order valence-corrected chi connectivity index (χ2v) is 6.00. The topological polar surface area (TPSA) is 75.8 Å². The molecule has 0 N–H and O–H groups in total. The highest BCUT2D eigenvalue weighted by Crippen LogP contribution is 2.24. The number of benzene rings is 3. The normalized spacial score (nSPS) is 13.7. The van der Waals surface area contributed by atoms with E-state index in [1.165, 1.54) is 18.2 Å². The molecule has 0 aromatic heterocycles. The van der Waals surface area contributed by atoms with Crippen molar-refractivity contribution in [3.63, 3.8) is 0 Å². The molecule has 3 aromatic carbocycles. The molecule has 4 rings (SSSR count). The molecular weight excluding hydrogens is 330 g/mol. The third kappa shape index (κ3) is 2.71. The van der Waals surface area contributed by atoms with Crippen LogP contribution in [0.4, 0.5) is 5.69 Å². The molecule has 0 saturated heterocycles. The predicted octanol–water partition coefficient (Wildman–Crippen LogP) is 3.65. The highest BCUT2D eigenvalue weighted by atomic mass is 16.6. The number of nitro groups is 1. The Morgan fingerprint density at radius 3 is 2.65 bits per heavy atom. The molecular formula is C20H15N3O3. The van der Waals surface area contributed by atoms with E-state index in [9.17, 15) is 14.9 Å². The number of rotatable bonds is 3. The SMILES string of the molecule is O=C(c1cccc([N+](=O)[O-])c1)N1CCN=C1c1cccc2ccccc12. The van der Waals surface area contributed by atoms with E-state index >= 15 is 0 Å². The van der Waals surface area contributed by atoms with E-state index in [1.54, 1.807) is 11.0 Å². The maximum atomic E-state index is 13.0. The van der Waals surface area contributed by atoms with Crippen LogP contribution in [0.15, 0.2) is 71.7 Å². The van der Waals surface area contributed by atoms with Gasteiger partial charge in [-0.05, 0) is 16.8 Å². The van der Waals surface area contributed by atoms with Crippen LogP contribution >= 0.6 is 0 Å². The minimum atomic E-state index is -0.500. The Kier molecular flexibility index (Phi) is 3.93. The standard InChI is InChI=1S/C20H15N3O3/c24-20(15-7-3-8-16(13-15)23(25)26)22-12-11-21-19(22)18-10-4-6-14-5-1-2-9-17(14)18/h1-10,13H,11-12H2. The van der Waals surface area contributed by atoms with Crippen LogP contribution in [0.25, 0.3) is 10.8 Å². The van der Waals surface area contributed by atoms with Crippen molar-refractivity contribution in [3.05, 3.63) is 88.0 Å². The molecule has 0 bridgehead atoms. The first-order valence-electron chi connectivity index (χ1n) is 8.24. The lowest BCUT2D eigenvalue weighted by molar-refractivity contribution is -0.384. The van der Waals surface area contributed by atoms with Gasteiger partial charge < -0.3 is 0 Å². The molecule has 3 aromatic rings. The lowest BCUT2D eigenvalue weighted by Gasteiger charge is -2.19.